The quantitative estimate of drug-likeness (QED) is 0.0686. The molecule has 1 atom stereocenters. The van der Waals surface area contributed by atoms with E-state index in [4.69, 9.17) is 19.0 Å². The third-order valence-electron chi connectivity index (χ3n) is 10.3. The van der Waals surface area contributed by atoms with Gasteiger partial charge in [0.2, 0.25) is 0 Å². The van der Waals surface area contributed by atoms with Gasteiger partial charge in [-0.1, -0.05) is 124 Å². The molecule has 1 amide bonds. The average Bonchev–Trinajstić information content (AvgIpc) is 3.75. The Hall–Kier alpha value is -3.86. The number of carbonyl (C=O) groups excluding carboxylic acids is 1. The fourth-order valence-corrected chi connectivity index (χ4v) is 7.65. The number of amides is 1. The van der Waals surface area contributed by atoms with Crippen LogP contribution in [0.15, 0.2) is 42.5 Å². The molecule has 0 bridgehead atoms. The predicted octanol–water partition coefficient (Wildman–Crippen LogP) is 10.8. The van der Waals surface area contributed by atoms with Gasteiger partial charge in [-0.15, -0.1) is 5.10 Å². The number of unbranched alkanes of at least 4 members (excludes halogenated alkanes) is 10. The van der Waals surface area contributed by atoms with Gasteiger partial charge >= 0.3 is 11.3 Å². The van der Waals surface area contributed by atoms with Gasteiger partial charge in [-0.2, -0.15) is 8.84 Å². The lowest BCUT2D eigenvalue weighted by molar-refractivity contribution is 0.0927. The number of nitrogens with zero attached hydrogens (tertiary/aromatic N) is 3. The molecule has 1 aliphatic carbocycles. The van der Waals surface area contributed by atoms with E-state index in [1.165, 1.54) is 64.2 Å². The average molecular weight is 761 g/mol. The SMILES string of the molecule is CCCCCCCCOc1ccc(CCCCCCCC)cc1OS(=O)Nc1cc(C(=O)NC2CCCCC2)cc(-c2nc3cc(C(C)(C)C)[nH]n3n2)c1. The van der Waals surface area contributed by atoms with E-state index in [9.17, 15) is 9.00 Å². The van der Waals surface area contributed by atoms with Crippen molar-refractivity contribution in [2.24, 2.45) is 0 Å². The number of ether oxygens (including phenoxy) is 1. The van der Waals surface area contributed by atoms with Gasteiger partial charge in [0, 0.05) is 34.3 Å². The lowest BCUT2D eigenvalue weighted by Gasteiger charge is -2.23. The van der Waals surface area contributed by atoms with Crippen LogP contribution in [0.2, 0.25) is 0 Å². The minimum Gasteiger partial charge on any atom is -0.490 e. The normalized spacial score (nSPS) is 14.3. The van der Waals surface area contributed by atoms with Gasteiger partial charge in [0.05, 0.1) is 12.3 Å². The molecule has 10 nitrogen and oxygen atoms in total. The molecule has 0 aliphatic heterocycles. The summed E-state index contributed by atoms with van der Waals surface area (Å²) in [6.07, 6.45) is 20.6. The first-order valence-corrected chi connectivity index (χ1v) is 21.8. The van der Waals surface area contributed by atoms with Crippen molar-refractivity contribution in [2.75, 3.05) is 11.3 Å². The second-order valence-corrected chi connectivity index (χ2v) is 16.9. The van der Waals surface area contributed by atoms with Crippen LogP contribution in [-0.2, 0) is 23.1 Å². The Labute approximate surface area is 325 Å². The van der Waals surface area contributed by atoms with Crippen LogP contribution in [0.3, 0.4) is 0 Å². The monoisotopic (exact) mass is 760 g/mol. The van der Waals surface area contributed by atoms with Crippen LogP contribution in [0.1, 0.15) is 165 Å². The zero-order valence-electron chi connectivity index (χ0n) is 33.4. The Balaban J connectivity index is 1.34. The van der Waals surface area contributed by atoms with Gasteiger partial charge in [0.25, 0.3) is 5.91 Å². The number of aromatic nitrogens is 4. The highest BCUT2D eigenvalue weighted by Gasteiger charge is 2.22. The van der Waals surface area contributed by atoms with Crippen LogP contribution >= 0.6 is 0 Å². The van der Waals surface area contributed by atoms with E-state index in [0.717, 1.165) is 62.6 Å². The Bertz CT molecular complexity index is 1760. The lowest BCUT2D eigenvalue weighted by Crippen LogP contribution is -2.36. The molecule has 5 rings (SSSR count). The van der Waals surface area contributed by atoms with Gasteiger partial charge in [-0.3, -0.25) is 14.6 Å². The standard InChI is InChI=1S/C43H64N6O4S/c1-6-8-10-12-14-17-21-32-24-25-37(52-26-20-15-13-11-9-7-2)38(27-32)53-54(51)48-36-29-33(28-34(30-36)42(50)44-35-22-18-16-19-23-35)41-45-40-31-39(43(3,4)5)46-49(40)47-41/h24-25,27-31,35,46,48H,6-23,26H2,1-5H3,(H,44,50). The van der Waals surface area contributed by atoms with Gasteiger partial charge in [-0.05, 0) is 68.0 Å². The summed E-state index contributed by atoms with van der Waals surface area (Å²) >= 11 is -1.99. The summed E-state index contributed by atoms with van der Waals surface area (Å²) in [5.41, 5.74) is 4.27. The van der Waals surface area contributed by atoms with Crippen molar-refractivity contribution < 1.29 is 17.9 Å². The topological polar surface area (TPSA) is 123 Å². The van der Waals surface area contributed by atoms with Crippen LogP contribution in [0.25, 0.3) is 17.0 Å². The van der Waals surface area contributed by atoms with Crippen molar-refractivity contribution in [1.29, 1.82) is 0 Å². The molecule has 0 saturated heterocycles. The minimum atomic E-state index is -1.99. The number of fused-ring (bicyclic) bond motifs is 1. The van der Waals surface area contributed by atoms with Crippen LogP contribution < -0.4 is 19.0 Å². The van der Waals surface area contributed by atoms with Gasteiger partial charge in [0.1, 0.15) is 0 Å². The predicted molar refractivity (Wildman–Crippen MR) is 221 cm³/mol. The summed E-state index contributed by atoms with van der Waals surface area (Å²) in [6, 6.07) is 13.5. The maximum Gasteiger partial charge on any atom is 0.316 e. The van der Waals surface area contributed by atoms with Crippen molar-refractivity contribution in [3.63, 3.8) is 0 Å². The molecule has 2 heterocycles. The third kappa shape index (κ3) is 12.6. The summed E-state index contributed by atoms with van der Waals surface area (Å²) in [6.45, 7) is 11.4. The molecule has 0 radical (unpaired) electrons. The van der Waals surface area contributed by atoms with E-state index < -0.39 is 11.3 Å². The number of anilines is 1. The first-order valence-electron chi connectivity index (χ1n) is 20.7. The maximum atomic E-state index is 13.7. The Morgan fingerprint density at radius 3 is 2.28 bits per heavy atom. The van der Waals surface area contributed by atoms with E-state index in [0.29, 0.717) is 46.4 Å². The van der Waals surface area contributed by atoms with E-state index in [-0.39, 0.29) is 17.4 Å². The highest BCUT2D eigenvalue weighted by molar-refractivity contribution is 7.82. The van der Waals surface area contributed by atoms with Crippen molar-refractivity contribution in [3.8, 4) is 22.9 Å². The van der Waals surface area contributed by atoms with Crippen molar-refractivity contribution in [2.45, 2.75) is 162 Å². The van der Waals surface area contributed by atoms with Crippen molar-refractivity contribution >= 4 is 28.5 Å². The Morgan fingerprint density at radius 2 is 1.57 bits per heavy atom. The first-order chi connectivity index (χ1) is 26.1. The number of hydrogen-bond donors (Lipinski definition) is 3. The maximum absolute atomic E-state index is 13.7. The molecule has 54 heavy (non-hydrogen) atoms. The molecule has 3 N–H and O–H groups in total. The highest BCUT2D eigenvalue weighted by Crippen LogP contribution is 2.32. The Morgan fingerprint density at radius 1 is 0.870 bits per heavy atom. The van der Waals surface area contributed by atoms with Crippen LogP contribution in [0.4, 0.5) is 5.69 Å². The number of aryl methyl sites for hydroxylation is 1. The molecule has 2 aromatic heterocycles. The number of nitrogens with one attached hydrogen (secondary N) is 3. The molecule has 1 unspecified atom stereocenters. The molecule has 1 aliphatic rings. The summed E-state index contributed by atoms with van der Waals surface area (Å²) in [5, 5.41) is 11.3. The van der Waals surface area contributed by atoms with Gasteiger partial charge in [-0.25, -0.2) is 4.98 Å². The summed E-state index contributed by atoms with van der Waals surface area (Å²) in [4.78, 5) is 18.4. The van der Waals surface area contributed by atoms with E-state index in [1.807, 2.05) is 24.3 Å². The van der Waals surface area contributed by atoms with E-state index in [1.54, 1.807) is 16.8 Å². The van der Waals surface area contributed by atoms with Crippen LogP contribution in [0.5, 0.6) is 11.5 Å². The summed E-state index contributed by atoms with van der Waals surface area (Å²) < 4.78 is 30.7. The third-order valence-corrected chi connectivity index (χ3v) is 11.0. The van der Waals surface area contributed by atoms with Crippen molar-refractivity contribution in [1.82, 2.24) is 25.1 Å². The number of rotatable bonds is 22. The summed E-state index contributed by atoms with van der Waals surface area (Å²) in [5.74, 6) is 1.31. The fourth-order valence-electron chi connectivity index (χ4n) is 7.01. The van der Waals surface area contributed by atoms with Crippen LogP contribution in [0, 0.1) is 0 Å². The molecule has 0 spiro atoms. The zero-order chi connectivity index (χ0) is 38.3. The lowest BCUT2D eigenvalue weighted by atomic mass is 9.93. The fraction of sp³-hybridized carbons (Fsp3) is 0.605. The largest absolute Gasteiger partial charge is 0.490 e. The number of hydrogen-bond acceptors (Lipinski definition) is 6. The number of H-pyrrole nitrogens is 1. The summed E-state index contributed by atoms with van der Waals surface area (Å²) in [7, 11) is 0. The molecule has 296 valence electrons. The molecular weight excluding hydrogens is 697 g/mol. The zero-order valence-corrected chi connectivity index (χ0v) is 34.3. The number of aromatic amines is 1. The molecule has 2 aromatic carbocycles. The molecule has 1 fully saturated rings. The van der Waals surface area contributed by atoms with Crippen molar-refractivity contribution in [3.05, 3.63) is 59.3 Å². The number of carbonyl (C=O) groups is 1. The number of benzene rings is 2. The van der Waals surface area contributed by atoms with E-state index >= 15 is 0 Å². The molecule has 11 heteroatoms. The van der Waals surface area contributed by atoms with Crippen LogP contribution in [-0.4, -0.2) is 42.6 Å². The second kappa shape index (κ2) is 20.7. The highest BCUT2D eigenvalue weighted by atomic mass is 32.2. The second-order valence-electron chi connectivity index (χ2n) is 16.1. The Kier molecular flexibility index (Phi) is 15.8. The molecule has 1 saturated carbocycles. The smallest absolute Gasteiger partial charge is 0.316 e. The minimum absolute atomic E-state index is 0.0895. The van der Waals surface area contributed by atoms with Gasteiger partial charge in [0.15, 0.2) is 23.0 Å². The van der Waals surface area contributed by atoms with Gasteiger partial charge < -0.3 is 14.2 Å². The first kappa shape index (κ1) is 41.3. The molecule has 4 aromatic rings. The molecular formula is C43H64N6O4S. The van der Waals surface area contributed by atoms with E-state index in [2.05, 4.69) is 55.8 Å².